The van der Waals surface area contributed by atoms with Crippen molar-refractivity contribution in [2.45, 2.75) is 26.8 Å². The first kappa shape index (κ1) is 15.3. The van der Waals surface area contributed by atoms with Gasteiger partial charge in [0.15, 0.2) is 0 Å². The van der Waals surface area contributed by atoms with Gasteiger partial charge in [0.2, 0.25) is 0 Å². The number of amides is 2. The lowest BCUT2D eigenvalue weighted by molar-refractivity contribution is -0.143. The Morgan fingerprint density at radius 3 is 2.86 bits per heavy atom. The van der Waals surface area contributed by atoms with E-state index in [1.165, 1.54) is 0 Å². The first-order chi connectivity index (χ1) is 9.97. The molecule has 1 aromatic heterocycles. The molecule has 0 saturated carbocycles. The van der Waals surface area contributed by atoms with Crippen molar-refractivity contribution >= 4 is 12.0 Å². The number of rotatable bonds is 4. The van der Waals surface area contributed by atoms with Crippen LogP contribution < -0.4 is 5.32 Å². The van der Waals surface area contributed by atoms with Crippen molar-refractivity contribution < 1.29 is 14.7 Å². The minimum atomic E-state index is -0.826. The van der Waals surface area contributed by atoms with Crippen molar-refractivity contribution in [3.8, 4) is 0 Å². The summed E-state index contributed by atoms with van der Waals surface area (Å²) in [7, 11) is 0. The van der Waals surface area contributed by atoms with E-state index in [-0.39, 0.29) is 18.5 Å². The largest absolute Gasteiger partial charge is 0.481 e. The first-order valence-corrected chi connectivity index (χ1v) is 7.20. The van der Waals surface area contributed by atoms with Gasteiger partial charge in [-0.2, -0.15) is 0 Å². The number of hydrogen-bond donors (Lipinski definition) is 2. The Bertz CT molecular complexity index is 514. The highest BCUT2D eigenvalue weighted by Gasteiger charge is 2.31. The van der Waals surface area contributed by atoms with Crippen LogP contribution in [0.15, 0.2) is 12.4 Å². The molecule has 0 aliphatic carbocycles. The van der Waals surface area contributed by atoms with Gasteiger partial charge in [0.05, 0.1) is 5.92 Å². The van der Waals surface area contributed by atoms with Gasteiger partial charge in [-0.1, -0.05) is 6.92 Å². The Labute approximate surface area is 124 Å². The molecule has 0 spiro atoms. The number of carbonyl (C=O) groups is 2. The van der Waals surface area contributed by atoms with E-state index in [2.05, 4.69) is 10.3 Å². The van der Waals surface area contributed by atoms with E-state index in [0.29, 0.717) is 26.1 Å². The van der Waals surface area contributed by atoms with Crippen molar-refractivity contribution in [2.75, 3.05) is 19.6 Å². The molecule has 7 nitrogen and oxygen atoms in total. The summed E-state index contributed by atoms with van der Waals surface area (Å²) in [6, 6.07) is -0.189. The highest BCUT2D eigenvalue weighted by Crippen LogP contribution is 2.21. The molecule has 2 rings (SSSR count). The van der Waals surface area contributed by atoms with Crippen molar-refractivity contribution in [2.24, 2.45) is 11.8 Å². The summed E-state index contributed by atoms with van der Waals surface area (Å²) in [6.07, 6.45) is 4.22. The van der Waals surface area contributed by atoms with Crippen molar-refractivity contribution in [1.82, 2.24) is 19.8 Å². The fourth-order valence-corrected chi connectivity index (χ4v) is 2.73. The van der Waals surface area contributed by atoms with Gasteiger partial charge >= 0.3 is 12.0 Å². The Hall–Kier alpha value is -2.05. The number of piperidine rings is 1. The Kier molecular flexibility index (Phi) is 4.82. The molecule has 0 radical (unpaired) electrons. The second kappa shape index (κ2) is 6.60. The van der Waals surface area contributed by atoms with Gasteiger partial charge < -0.3 is 19.9 Å². The van der Waals surface area contributed by atoms with E-state index in [0.717, 1.165) is 5.82 Å². The van der Waals surface area contributed by atoms with Crippen LogP contribution >= 0.6 is 0 Å². The van der Waals surface area contributed by atoms with Crippen LogP contribution in [0.2, 0.25) is 0 Å². The van der Waals surface area contributed by atoms with Crippen LogP contribution in [0.25, 0.3) is 0 Å². The standard InChI is InChI=1S/C14H22N4O3/c1-10-7-12(13(19)20)9-18(8-10)14(21)16-4-6-17-5-3-15-11(17)2/h3,5,10,12H,4,6-9H2,1-2H3,(H,16,21)(H,19,20). The third-order valence-corrected chi connectivity index (χ3v) is 3.85. The molecule has 1 aliphatic rings. The maximum Gasteiger partial charge on any atom is 0.317 e. The molecule has 2 amide bonds. The quantitative estimate of drug-likeness (QED) is 0.865. The maximum atomic E-state index is 12.1. The van der Waals surface area contributed by atoms with E-state index in [1.54, 1.807) is 11.1 Å². The zero-order valence-electron chi connectivity index (χ0n) is 12.5. The number of nitrogens with one attached hydrogen (secondary N) is 1. The summed E-state index contributed by atoms with van der Waals surface area (Å²) in [6.45, 7) is 5.94. The number of nitrogens with zero attached hydrogens (tertiary/aromatic N) is 3. The van der Waals surface area contributed by atoms with E-state index >= 15 is 0 Å². The average molecular weight is 294 g/mol. The molecular formula is C14H22N4O3. The molecule has 1 aliphatic heterocycles. The van der Waals surface area contributed by atoms with Gasteiger partial charge in [-0.15, -0.1) is 0 Å². The lowest BCUT2D eigenvalue weighted by Crippen LogP contribution is -2.49. The van der Waals surface area contributed by atoms with E-state index in [4.69, 9.17) is 5.11 Å². The van der Waals surface area contributed by atoms with Crippen LogP contribution in [0.3, 0.4) is 0 Å². The zero-order valence-corrected chi connectivity index (χ0v) is 12.5. The highest BCUT2D eigenvalue weighted by molar-refractivity contribution is 5.76. The van der Waals surface area contributed by atoms with Crippen LogP contribution in [0, 0.1) is 18.8 Å². The SMILES string of the molecule is Cc1nccn1CCNC(=O)N1CC(C)CC(C(=O)O)C1. The van der Waals surface area contributed by atoms with Gasteiger partial charge in [0.25, 0.3) is 0 Å². The molecule has 1 aromatic rings. The van der Waals surface area contributed by atoms with Gasteiger partial charge in [-0.25, -0.2) is 9.78 Å². The predicted molar refractivity (Wildman–Crippen MR) is 76.8 cm³/mol. The van der Waals surface area contributed by atoms with Gasteiger partial charge in [-0.3, -0.25) is 4.79 Å². The Balaban J connectivity index is 1.82. The minimum Gasteiger partial charge on any atom is -0.481 e. The molecule has 2 unspecified atom stereocenters. The van der Waals surface area contributed by atoms with Crippen LogP contribution in [0.4, 0.5) is 4.79 Å². The smallest absolute Gasteiger partial charge is 0.317 e. The number of carboxylic acid groups (broad SMARTS) is 1. The van der Waals surface area contributed by atoms with Crippen molar-refractivity contribution in [3.63, 3.8) is 0 Å². The number of likely N-dealkylation sites (tertiary alicyclic amines) is 1. The summed E-state index contributed by atoms with van der Waals surface area (Å²) >= 11 is 0. The zero-order chi connectivity index (χ0) is 15.4. The molecule has 2 N–H and O–H groups in total. The molecule has 1 saturated heterocycles. The summed E-state index contributed by atoms with van der Waals surface area (Å²) < 4.78 is 1.96. The molecule has 0 bridgehead atoms. The molecule has 7 heteroatoms. The summed E-state index contributed by atoms with van der Waals surface area (Å²) in [4.78, 5) is 29.0. The number of hydrogen-bond acceptors (Lipinski definition) is 3. The number of aliphatic carboxylic acids is 1. The van der Waals surface area contributed by atoms with Crippen LogP contribution in [0.5, 0.6) is 0 Å². The monoisotopic (exact) mass is 294 g/mol. The fraction of sp³-hybridized carbons (Fsp3) is 0.643. The second-order valence-corrected chi connectivity index (χ2v) is 5.68. The molecule has 2 heterocycles. The Morgan fingerprint density at radius 1 is 1.48 bits per heavy atom. The van der Waals surface area contributed by atoms with E-state index < -0.39 is 11.9 Å². The second-order valence-electron chi connectivity index (χ2n) is 5.68. The fourth-order valence-electron chi connectivity index (χ4n) is 2.73. The van der Waals surface area contributed by atoms with Crippen molar-refractivity contribution in [1.29, 1.82) is 0 Å². The van der Waals surface area contributed by atoms with E-state index in [1.807, 2.05) is 24.6 Å². The molecule has 1 fully saturated rings. The predicted octanol–water partition coefficient (Wildman–Crippen LogP) is 0.944. The van der Waals surface area contributed by atoms with Gasteiger partial charge in [-0.05, 0) is 19.3 Å². The van der Waals surface area contributed by atoms with Crippen LogP contribution in [0.1, 0.15) is 19.2 Å². The topological polar surface area (TPSA) is 87.5 Å². The number of carbonyl (C=O) groups excluding carboxylic acids is 1. The van der Waals surface area contributed by atoms with Crippen LogP contribution in [-0.4, -0.2) is 51.2 Å². The minimum absolute atomic E-state index is 0.189. The van der Waals surface area contributed by atoms with Gasteiger partial charge in [0.1, 0.15) is 5.82 Å². The van der Waals surface area contributed by atoms with E-state index in [9.17, 15) is 9.59 Å². The average Bonchev–Trinajstić information content (AvgIpc) is 2.83. The van der Waals surface area contributed by atoms with Crippen LogP contribution in [-0.2, 0) is 11.3 Å². The summed E-state index contributed by atoms with van der Waals surface area (Å²) in [5.41, 5.74) is 0. The Morgan fingerprint density at radius 2 is 2.24 bits per heavy atom. The van der Waals surface area contributed by atoms with Crippen molar-refractivity contribution in [3.05, 3.63) is 18.2 Å². The van der Waals surface area contributed by atoms with Gasteiger partial charge in [0, 0.05) is 38.6 Å². The molecule has 116 valence electrons. The number of imidazole rings is 1. The first-order valence-electron chi connectivity index (χ1n) is 7.20. The maximum absolute atomic E-state index is 12.1. The lowest BCUT2D eigenvalue weighted by Gasteiger charge is -2.34. The summed E-state index contributed by atoms with van der Waals surface area (Å²) in [5.74, 6) is -0.174. The molecule has 2 atom stereocenters. The molecule has 0 aromatic carbocycles. The summed E-state index contributed by atoms with van der Waals surface area (Å²) in [5, 5.41) is 12.0. The number of carboxylic acids is 1. The molecular weight excluding hydrogens is 272 g/mol. The highest BCUT2D eigenvalue weighted by atomic mass is 16.4. The third kappa shape index (κ3) is 3.96. The lowest BCUT2D eigenvalue weighted by atomic mass is 9.91. The molecule has 21 heavy (non-hydrogen) atoms. The number of aryl methyl sites for hydroxylation is 1. The number of urea groups is 1. The normalized spacial score (nSPS) is 22.1. The third-order valence-electron chi connectivity index (χ3n) is 3.85. The number of aromatic nitrogens is 2.